The molecule has 33 heavy (non-hydrogen) atoms. The summed E-state index contributed by atoms with van der Waals surface area (Å²) in [5, 5.41) is 6.30. The molecule has 0 saturated carbocycles. The number of amides is 1. The minimum Gasteiger partial charge on any atom is -0.444 e. The topological polar surface area (TPSA) is 67.7 Å². The van der Waals surface area contributed by atoms with Crippen LogP contribution in [0.25, 0.3) is 22.0 Å². The zero-order chi connectivity index (χ0) is 23.6. The number of likely N-dealkylation sites (tertiary alicyclic amines) is 1. The van der Waals surface area contributed by atoms with Crippen LogP contribution in [0.4, 0.5) is 4.79 Å². The van der Waals surface area contributed by atoms with Crippen LogP contribution in [0, 0.1) is 0 Å². The number of fused-ring (bicyclic) bond motifs is 1. The molecule has 7 heteroatoms. The maximum Gasteiger partial charge on any atom is 0.410 e. The predicted molar refractivity (Wildman–Crippen MR) is 130 cm³/mol. The van der Waals surface area contributed by atoms with Crippen molar-refractivity contribution in [1.82, 2.24) is 19.6 Å². The average molecular weight is 449 g/mol. The molecule has 4 rings (SSSR count). The Morgan fingerprint density at radius 3 is 2.27 bits per heavy atom. The van der Waals surface area contributed by atoms with E-state index in [0.29, 0.717) is 12.1 Å². The van der Waals surface area contributed by atoms with E-state index in [-0.39, 0.29) is 17.7 Å². The molecule has 0 aliphatic carbocycles. The number of carbonyl (C=O) groups is 1. The van der Waals surface area contributed by atoms with Gasteiger partial charge in [-0.25, -0.2) is 9.48 Å². The lowest BCUT2D eigenvalue weighted by Gasteiger charge is -2.37. The Hall–Kier alpha value is -3.19. The van der Waals surface area contributed by atoms with Gasteiger partial charge in [0.25, 0.3) is 5.56 Å². The number of hydrogen-bond donors (Lipinski definition) is 0. The molecule has 0 atom stereocenters. The second-order valence-corrected chi connectivity index (χ2v) is 9.65. The minimum absolute atomic E-state index is 0.0849. The van der Waals surface area contributed by atoms with Crippen LogP contribution in [0.3, 0.4) is 0 Å². The normalized spacial score (nSPS) is 15.5. The molecule has 1 aromatic heterocycles. The Bertz CT molecular complexity index is 1180. The van der Waals surface area contributed by atoms with Gasteiger partial charge in [0.1, 0.15) is 5.60 Å². The van der Waals surface area contributed by atoms with E-state index in [2.05, 4.69) is 4.90 Å². The first-order valence-corrected chi connectivity index (χ1v) is 11.5. The molecule has 1 fully saturated rings. The van der Waals surface area contributed by atoms with Gasteiger partial charge in [0, 0.05) is 37.1 Å². The van der Waals surface area contributed by atoms with Crippen molar-refractivity contribution in [2.24, 2.45) is 0 Å². The second kappa shape index (κ2) is 9.35. The number of carbonyl (C=O) groups excluding carboxylic acids is 1. The molecule has 0 unspecified atom stereocenters. The molecule has 0 N–H and O–H groups in total. The Morgan fingerprint density at radius 1 is 1.03 bits per heavy atom. The maximum absolute atomic E-state index is 13.2. The summed E-state index contributed by atoms with van der Waals surface area (Å²) in [5.74, 6) is 0. The van der Waals surface area contributed by atoms with Crippen molar-refractivity contribution in [3.05, 3.63) is 65.0 Å². The van der Waals surface area contributed by atoms with E-state index in [1.807, 2.05) is 75.4 Å². The van der Waals surface area contributed by atoms with E-state index in [1.54, 1.807) is 16.6 Å². The number of benzene rings is 2. The quantitative estimate of drug-likeness (QED) is 0.594. The summed E-state index contributed by atoms with van der Waals surface area (Å²) in [4.78, 5) is 29.5. The highest BCUT2D eigenvalue weighted by atomic mass is 16.6. The molecule has 1 aliphatic heterocycles. The molecule has 3 aromatic rings. The van der Waals surface area contributed by atoms with Crippen LogP contribution in [0.1, 0.15) is 33.6 Å². The van der Waals surface area contributed by atoms with Crippen LogP contribution in [-0.4, -0.2) is 57.5 Å². The third kappa shape index (κ3) is 5.25. The molecule has 7 nitrogen and oxygen atoms in total. The molecular weight excluding hydrogens is 416 g/mol. The standard InChI is InChI=1S/C26H32N4O3/c1-26(2,3)33-25(32)28(4)20-14-16-29(17-15-20)18-30-24(31)22-13-9-8-12-21(22)23(27-30)19-10-6-5-7-11-19/h5-13,20H,14-18H2,1-4H3. The lowest BCUT2D eigenvalue weighted by Crippen LogP contribution is -2.48. The number of nitrogens with zero attached hydrogens (tertiary/aromatic N) is 4. The van der Waals surface area contributed by atoms with E-state index in [0.717, 1.165) is 42.6 Å². The maximum atomic E-state index is 13.2. The van der Waals surface area contributed by atoms with Gasteiger partial charge in [0.2, 0.25) is 0 Å². The van der Waals surface area contributed by atoms with Gasteiger partial charge in [-0.1, -0.05) is 48.5 Å². The van der Waals surface area contributed by atoms with Crippen LogP contribution in [0.15, 0.2) is 59.4 Å². The molecule has 1 aliphatic rings. The van der Waals surface area contributed by atoms with Crippen molar-refractivity contribution in [3.8, 4) is 11.3 Å². The van der Waals surface area contributed by atoms with Crippen LogP contribution in [0.2, 0.25) is 0 Å². The van der Waals surface area contributed by atoms with Crippen LogP contribution >= 0.6 is 0 Å². The number of aromatic nitrogens is 2. The third-order valence-corrected chi connectivity index (χ3v) is 6.04. The number of rotatable bonds is 4. The first-order valence-electron chi connectivity index (χ1n) is 11.5. The highest BCUT2D eigenvalue weighted by molar-refractivity contribution is 5.93. The van der Waals surface area contributed by atoms with Gasteiger partial charge in [0.15, 0.2) is 0 Å². The van der Waals surface area contributed by atoms with Crippen molar-refractivity contribution in [1.29, 1.82) is 0 Å². The molecule has 1 saturated heterocycles. The summed E-state index contributed by atoms with van der Waals surface area (Å²) in [7, 11) is 1.80. The summed E-state index contributed by atoms with van der Waals surface area (Å²) >= 11 is 0. The Kier molecular flexibility index (Phi) is 6.51. The fourth-order valence-corrected chi connectivity index (χ4v) is 4.26. The molecule has 174 valence electrons. The summed E-state index contributed by atoms with van der Waals surface area (Å²) in [5.41, 5.74) is 1.20. The largest absolute Gasteiger partial charge is 0.444 e. The Morgan fingerprint density at radius 2 is 1.64 bits per heavy atom. The zero-order valence-corrected chi connectivity index (χ0v) is 19.8. The van der Waals surface area contributed by atoms with Gasteiger partial charge in [-0.15, -0.1) is 0 Å². The Labute approximate surface area is 194 Å². The summed E-state index contributed by atoms with van der Waals surface area (Å²) < 4.78 is 7.08. The van der Waals surface area contributed by atoms with E-state index < -0.39 is 5.60 Å². The monoisotopic (exact) mass is 448 g/mol. The van der Waals surface area contributed by atoms with Crippen molar-refractivity contribution < 1.29 is 9.53 Å². The van der Waals surface area contributed by atoms with Crippen molar-refractivity contribution in [3.63, 3.8) is 0 Å². The zero-order valence-electron chi connectivity index (χ0n) is 19.8. The first-order chi connectivity index (χ1) is 15.7. The first kappa shape index (κ1) is 23.0. The van der Waals surface area contributed by atoms with Gasteiger partial charge in [-0.2, -0.15) is 5.10 Å². The van der Waals surface area contributed by atoms with E-state index in [4.69, 9.17) is 9.84 Å². The van der Waals surface area contributed by atoms with Crippen LogP contribution in [0.5, 0.6) is 0 Å². The average Bonchev–Trinajstić information content (AvgIpc) is 2.80. The lowest BCUT2D eigenvalue weighted by atomic mass is 10.0. The van der Waals surface area contributed by atoms with Crippen LogP contribution < -0.4 is 5.56 Å². The molecule has 2 heterocycles. The highest BCUT2D eigenvalue weighted by Crippen LogP contribution is 2.25. The minimum atomic E-state index is -0.509. The molecule has 2 aromatic carbocycles. The Balaban J connectivity index is 1.51. The summed E-state index contributed by atoms with van der Waals surface area (Å²) in [6, 6.07) is 17.7. The van der Waals surface area contributed by atoms with Crippen molar-refractivity contribution >= 4 is 16.9 Å². The third-order valence-electron chi connectivity index (χ3n) is 6.04. The van der Waals surface area contributed by atoms with Crippen LogP contribution in [-0.2, 0) is 11.4 Å². The molecular formula is C26H32N4O3. The van der Waals surface area contributed by atoms with Gasteiger partial charge in [-0.05, 0) is 39.7 Å². The second-order valence-electron chi connectivity index (χ2n) is 9.65. The number of ether oxygens (including phenoxy) is 1. The fraction of sp³-hybridized carbons (Fsp3) is 0.423. The number of hydrogen-bond acceptors (Lipinski definition) is 5. The molecule has 0 radical (unpaired) electrons. The van der Waals surface area contributed by atoms with E-state index in [9.17, 15) is 9.59 Å². The molecule has 1 amide bonds. The van der Waals surface area contributed by atoms with Gasteiger partial charge in [0.05, 0.1) is 17.7 Å². The summed E-state index contributed by atoms with van der Waals surface area (Å²) in [6.45, 7) is 7.60. The lowest BCUT2D eigenvalue weighted by molar-refractivity contribution is 0.0134. The van der Waals surface area contributed by atoms with Gasteiger partial charge >= 0.3 is 6.09 Å². The van der Waals surface area contributed by atoms with E-state index in [1.165, 1.54) is 0 Å². The number of piperidine rings is 1. The van der Waals surface area contributed by atoms with Crippen molar-refractivity contribution in [2.75, 3.05) is 20.1 Å². The molecule has 0 spiro atoms. The van der Waals surface area contributed by atoms with Gasteiger partial charge < -0.3 is 9.64 Å². The molecule has 0 bridgehead atoms. The van der Waals surface area contributed by atoms with E-state index >= 15 is 0 Å². The SMILES string of the molecule is CN(C(=O)OC(C)(C)C)C1CCN(Cn2nc(-c3ccccc3)c3ccccc3c2=O)CC1. The smallest absolute Gasteiger partial charge is 0.410 e. The summed E-state index contributed by atoms with van der Waals surface area (Å²) in [6.07, 6.45) is 1.36. The van der Waals surface area contributed by atoms with Gasteiger partial charge in [-0.3, -0.25) is 9.69 Å². The predicted octanol–water partition coefficient (Wildman–Crippen LogP) is 4.35. The fourth-order valence-electron chi connectivity index (χ4n) is 4.26. The van der Waals surface area contributed by atoms with Crippen molar-refractivity contribution in [2.45, 2.75) is 51.9 Å². The highest BCUT2D eigenvalue weighted by Gasteiger charge is 2.29.